The molecule has 1 unspecified atom stereocenters. The number of carbonyl (C=O) groups is 1. The lowest BCUT2D eigenvalue weighted by Crippen LogP contribution is -2.46. The van der Waals surface area contributed by atoms with E-state index >= 15 is 0 Å². The van der Waals surface area contributed by atoms with Gasteiger partial charge in [-0.3, -0.25) is 9.69 Å². The quantitative estimate of drug-likeness (QED) is 0.920. The summed E-state index contributed by atoms with van der Waals surface area (Å²) in [5.41, 5.74) is 1.07. The van der Waals surface area contributed by atoms with Gasteiger partial charge in [0.2, 0.25) is 5.91 Å². The number of carbonyl (C=O) groups excluding carboxylic acids is 1. The fourth-order valence-corrected chi connectivity index (χ4v) is 2.54. The van der Waals surface area contributed by atoms with Crippen LogP contribution in [0.2, 0.25) is 5.02 Å². The van der Waals surface area contributed by atoms with Gasteiger partial charge in [-0.25, -0.2) is 0 Å². The van der Waals surface area contributed by atoms with Gasteiger partial charge in [-0.05, 0) is 50.6 Å². The number of nitrogens with zero attached hydrogens (tertiary/aromatic N) is 1. The summed E-state index contributed by atoms with van der Waals surface area (Å²) in [6.45, 7) is 4.63. The third-order valence-corrected chi connectivity index (χ3v) is 3.95. The number of hydrogen-bond acceptors (Lipinski definition) is 2. The lowest BCUT2D eigenvalue weighted by molar-refractivity contribution is -0.126. The minimum atomic E-state index is -0.0346. The van der Waals surface area contributed by atoms with Crippen LogP contribution in [0.4, 0.5) is 0 Å². The molecule has 1 aromatic carbocycles. The van der Waals surface area contributed by atoms with Crippen LogP contribution < -0.4 is 5.32 Å². The Hall–Kier alpha value is -1.06. The van der Waals surface area contributed by atoms with Gasteiger partial charge in [-0.1, -0.05) is 30.2 Å². The van der Waals surface area contributed by atoms with E-state index in [2.05, 4.69) is 10.2 Å². The largest absolute Gasteiger partial charge is 0.351 e. The summed E-state index contributed by atoms with van der Waals surface area (Å²) >= 11 is 5.83. The van der Waals surface area contributed by atoms with E-state index in [0.717, 1.165) is 23.7 Å². The second kappa shape index (κ2) is 6.92. The highest BCUT2D eigenvalue weighted by Crippen LogP contribution is 2.12. The van der Waals surface area contributed by atoms with Crippen molar-refractivity contribution in [2.45, 2.75) is 38.8 Å². The summed E-state index contributed by atoms with van der Waals surface area (Å²) in [6.07, 6.45) is 3.69. The second-order valence-electron chi connectivity index (χ2n) is 5.12. The molecule has 19 heavy (non-hydrogen) atoms. The van der Waals surface area contributed by atoms with Crippen LogP contribution in [-0.4, -0.2) is 29.9 Å². The van der Waals surface area contributed by atoms with Crippen LogP contribution in [0.25, 0.3) is 0 Å². The van der Waals surface area contributed by atoms with Crippen LogP contribution >= 0.6 is 11.6 Å². The van der Waals surface area contributed by atoms with E-state index in [1.54, 1.807) is 0 Å². The van der Waals surface area contributed by atoms with Gasteiger partial charge in [0, 0.05) is 11.6 Å². The van der Waals surface area contributed by atoms with Crippen LogP contribution in [0.15, 0.2) is 24.3 Å². The maximum atomic E-state index is 12.1. The van der Waals surface area contributed by atoms with Gasteiger partial charge in [0.05, 0.1) is 6.04 Å². The Balaban J connectivity index is 1.81. The Bertz CT molecular complexity index is 413. The van der Waals surface area contributed by atoms with E-state index in [1.807, 2.05) is 31.2 Å². The molecule has 1 saturated heterocycles. The number of piperidine rings is 1. The first kappa shape index (κ1) is 14.4. The summed E-state index contributed by atoms with van der Waals surface area (Å²) in [4.78, 5) is 14.4. The third-order valence-electron chi connectivity index (χ3n) is 3.70. The minimum Gasteiger partial charge on any atom is -0.351 e. The molecule has 1 heterocycles. The van der Waals surface area contributed by atoms with Gasteiger partial charge in [-0.15, -0.1) is 0 Å². The van der Waals surface area contributed by atoms with Crippen molar-refractivity contribution in [3.8, 4) is 0 Å². The van der Waals surface area contributed by atoms with E-state index < -0.39 is 0 Å². The van der Waals surface area contributed by atoms with Crippen LogP contribution in [-0.2, 0) is 11.3 Å². The van der Waals surface area contributed by atoms with Gasteiger partial charge in [0.25, 0.3) is 0 Å². The Morgan fingerprint density at radius 3 is 2.53 bits per heavy atom. The lowest BCUT2D eigenvalue weighted by atomic mass is 10.1. The molecule has 3 nitrogen and oxygen atoms in total. The molecule has 0 bridgehead atoms. The molecule has 1 aliphatic rings. The third kappa shape index (κ3) is 4.22. The maximum absolute atomic E-state index is 12.1. The number of rotatable bonds is 4. The van der Waals surface area contributed by atoms with E-state index in [4.69, 9.17) is 11.6 Å². The first-order chi connectivity index (χ1) is 9.16. The number of hydrogen-bond donors (Lipinski definition) is 1. The molecule has 1 aliphatic heterocycles. The van der Waals surface area contributed by atoms with Crippen LogP contribution in [0, 0.1) is 0 Å². The second-order valence-corrected chi connectivity index (χ2v) is 5.55. The van der Waals surface area contributed by atoms with Crippen molar-refractivity contribution in [3.05, 3.63) is 34.9 Å². The van der Waals surface area contributed by atoms with Crippen molar-refractivity contribution in [2.24, 2.45) is 0 Å². The number of nitrogens with one attached hydrogen (secondary N) is 1. The molecule has 0 aliphatic carbocycles. The molecule has 1 amide bonds. The van der Waals surface area contributed by atoms with Crippen molar-refractivity contribution in [1.82, 2.24) is 10.2 Å². The molecule has 0 aromatic heterocycles. The zero-order valence-corrected chi connectivity index (χ0v) is 12.1. The highest BCUT2D eigenvalue weighted by molar-refractivity contribution is 6.30. The van der Waals surface area contributed by atoms with Crippen LogP contribution in [0.1, 0.15) is 31.7 Å². The summed E-state index contributed by atoms with van der Waals surface area (Å²) in [7, 11) is 0. The highest BCUT2D eigenvalue weighted by atomic mass is 35.5. The SMILES string of the molecule is CC(C(=O)NCc1ccc(Cl)cc1)N1CCCCC1. The molecule has 0 spiro atoms. The molecule has 1 atom stereocenters. The summed E-state index contributed by atoms with van der Waals surface area (Å²) < 4.78 is 0. The predicted octanol–water partition coefficient (Wildman–Crippen LogP) is 2.83. The fraction of sp³-hybridized carbons (Fsp3) is 0.533. The summed E-state index contributed by atoms with van der Waals surface area (Å²) in [5.74, 6) is 0.108. The average molecular weight is 281 g/mol. The average Bonchev–Trinajstić information content (AvgIpc) is 2.46. The Morgan fingerprint density at radius 1 is 1.26 bits per heavy atom. The van der Waals surface area contributed by atoms with Crippen LogP contribution in [0.5, 0.6) is 0 Å². The first-order valence-corrected chi connectivity index (χ1v) is 7.31. The van der Waals surface area contributed by atoms with Crippen molar-refractivity contribution in [2.75, 3.05) is 13.1 Å². The molecular weight excluding hydrogens is 260 g/mol. The van der Waals surface area contributed by atoms with Gasteiger partial charge >= 0.3 is 0 Å². The Morgan fingerprint density at radius 2 is 1.89 bits per heavy atom. The Kier molecular flexibility index (Phi) is 5.23. The van der Waals surface area contributed by atoms with E-state index in [0.29, 0.717) is 6.54 Å². The molecule has 104 valence electrons. The monoisotopic (exact) mass is 280 g/mol. The first-order valence-electron chi connectivity index (χ1n) is 6.93. The van der Waals surface area contributed by atoms with E-state index in [1.165, 1.54) is 19.3 Å². The summed E-state index contributed by atoms with van der Waals surface area (Å²) in [5, 5.41) is 3.71. The van der Waals surface area contributed by atoms with E-state index in [9.17, 15) is 4.79 Å². The predicted molar refractivity (Wildman–Crippen MR) is 78.2 cm³/mol. The van der Waals surface area contributed by atoms with Gasteiger partial charge in [0.15, 0.2) is 0 Å². The van der Waals surface area contributed by atoms with Gasteiger partial charge < -0.3 is 5.32 Å². The molecule has 0 saturated carbocycles. The van der Waals surface area contributed by atoms with Crippen molar-refractivity contribution >= 4 is 17.5 Å². The summed E-state index contributed by atoms with van der Waals surface area (Å²) in [6, 6.07) is 7.53. The molecule has 1 fully saturated rings. The zero-order chi connectivity index (χ0) is 13.7. The maximum Gasteiger partial charge on any atom is 0.237 e. The topological polar surface area (TPSA) is 32.3 Å². The minimum absolute atomic E-state index is 0.0346. The van der Waals surface area contributed by atoms with Gasteiger partial charge in [-0.2, -0.15) is 0 Å². The standard InChI is InChI=1S/C15H21ClN2O/c1-12(18-9-3-2-4-10-18)15(19)17-11-13-5-7-14(16)8-6-13/h5-8,12H,2-4,9-11H2,1H3,(H,17,19). The number of amides is 1. The number of likely N-dealkylation sites (tertiary alicyclic amines) is 1. The molecule has 1 N–H and O–H groups in total. The van der Waals surface area contributed by atoms with Crippen molar-refractivity contribution < 1.29 is 4.79 Å². The van der Waals surface area contributed by atoms with Crippen molar-refractivity contribution in [3.63, 3.8) is 0 Å². The number of benzene rings is 1. The smallest absolute Gasteiger partial charge is 0.237 e. The molecule has 2 rings (SSSR count). The fourth-order valence-electron chi connectivity index (χ4n) is 2.41. The molecule has 1 aromatic rings. The highest BCUT2D eigenvalue weighted by Gasteiger charge is 2.22. The van der Waals surface area contributed by atoms with Crippen molar-refractivity contribution in [1.29, 1.82) is 0 Å². The lowest BCUT2D eigenvalue weighted by Gasteiger charge is -2.31. The normalized spacial score (nSPS) is 18.0. The Labute approximate surface area is 119 Å². The zero-order valence-electron chi connectivity index (χ0n) is 11.4. The van der Waals surface area contributed by atoms with Gasteiger partial charge in [0.1, 0.15) is 0 Å². The molecule has 0 radical (unpaired) electrons. The van der Waals surface area contributed by atoms with E-state index in [-0.39, 0.29) is 11.9 Å². The number of halogens is 1. The molecule has 4 heteroatoms. The van der Waals surface area contributed by atoms with Crippen LogP contribution in [0.3, 0.4) is 0 Å². The molecular formula is C15H21ClN2O.